The van der Waals surface area contributed by atoms with Gasteiger partial charge < -0.3 is 5.32 Å². The Labute approximate surface area is 161 Å². The Morgan fingerprint density at radius 1 is 1.12 bits per heavy atom. The van der Waals surface area contributed by atoms with Crippen molar-refractivity contribution < 1.29 is 13.2 Å². The summed E-state index contributed by atoms with van der Waals surface area (Å²) in [5.41, 5.74) is 0.807. The molecule has 0 bridgehead atoms. The Bertz CT molecular complexity index is 866. The molecule has 1 N–H and O–H groups in total. The largest absolute Gasteiger partial charge is 0.322 e. The number of hydrogen-bond donors (Lipinski definition) is 1. The van der Waals surface area contributed by atoms with Crippen LogP contribution in [-0.4, -0.2) is 31.7 Å². The highest BCUT2D eigenvalue weighted by Gasteiger charge is 2.23. The van der Waals surface area contributed by atoms with Gasteiger partial charge in [-0.3, -0.25) is 4.79 Å². The van der Waals surface area contributed by atoms with Gasteiger partial charge in [0.1, 0.15) is 0 Å². The first-order valence-electron chi connectivity index (χ1n) is 7.66. The SMILES string of the molecule is CCN(CC)S(=O)(=O)c1ccc(Br)c(C(=O)Nc2ccc(Cl)cc2)c1. The lowest BCUT2D eigenvalue weighted by Crippen LogP contribution is -2.30. The van der Waals surface area contributed by atoms with Crippen LogP contribution in [-0.2, 0) is 10.0 Å². The van der Waals surface area contributed by atoms with Gasteiger partial charge in [0.2, 0.25) is 10.0 Å². The minimum atomic E-state index is -3.64. The molecule has 0 aromatic heterocycles. The van der Waals surface area contributed by atoms with Gasteiger partial charge in [0.05, 0.1) is 10.5 Å². The van der Waals surface area contributed by atoms with E-state index in [0.29, 0.717) is 28.3 Å². The molecule has 0 saturated heterocycles. The predicted octanol–water partition coefficient (Wildman–Crippen LogP) is 4.39. The second-order valence-corrected chi connectivity index (χ2v) is 8.42. The lowest BCUT2D eigenvalue weighted by atomic mass is 10.2. The first kappa shape index (κ1) is 19.9. The molecule has 0 unspecified atom stereocenters. The third-order valence-corrected chi connectivity index (χ3v) is 6.62. The van der Waals surface area contributed by atoms with Crippen molar-refractivity contribution in [2.45, 2.75) is 18.7 Å². The molecule has 0 aliphatic rings. The molecule has 5 nitrogen and oxygen atoms in total. The zero-order valence-corrected chi connectivity index (χ0v) is 17.0. The van der Waals surface area contributed by atoms with Gasteiger partial charge in [-0.05, 0) is 58.4 Å². The van der Waals surface area contributed by atoms with Crippen LogP contribution in [0.2, 0.25) is 5.02 Å². The van der Waals surface area contributed by atoms with E-state index >= 15 is 0 Å². The van der Waals surface area contributed by atoms with Crippen LogP contribution in [0.1, 0.15) is 24.2 Å². The maximum Gasteiger partial charge on any atom is 0.256 e. The molecule has 2 aromatic rings. The van der Waals surface area contributed by atoms with Crippen LogP contribution in [0.25, 0.3) is 0 Å². The number of carbonyl (C=O) groups excluding carboxylic acids is 1. The molecule has 0 atom stereocenters. The number of hydrogen-bond acceptors (Lipinski definition) is 3. The second kappa shape index (κ2) is 8.31. The molecule has 1 amide bonds. The summed E-state index contributed by atoms with van der Waals surface area (Å²) in [6.07, 6.45) is 0. The molecule has 0 heterocycles. The van der Waals surface area contributed by atoms with Crippen LogP contribution in [0.5, 0.6) is 0 Å². The standard InChI is InChI=1S/C17H18BrClN2O3S/c1-3-21(4-2)25(23,24)14-9-10-16(18)15(11-14)17(22)20-13-7-5-12(19)6-8-13/h5-11H,3-4H2,1-2H3,(H,20,22). The number of halogens is 2. The molecule has 0 aliphatic carbocycles. The summed E-state index contributed by atoms with van der Waals surface area (Å²) in [5, 5.41) is 3.29. The summed E-state index contributed by atoms with van der Waals surface area (Å²) in [4.78, 5) is 12.6. The average molecular weight is 446 g/mol. The van der Waals surface area contributed by atoms with E-state index in [9.17, 15) is 13.2 Å². The fourth-order valence-corrected chi connectivity index (χ4v) is 4.32. The predicted molar refractivity (Wildman–Crippen MR) is 104 cm³/mol. The third-order valence-electron chi connectivity index (χ3n) is 3.63. The summed E-state index contributed by atoms with van der Waals surface area (Å²) < 4.78 is 27.1. The third kappa shape index (κ3) is 4.61. The van der Waals surface area contributed by atoms with Crippen molar-refractivity contribution in [2.75, 3.05) is 18.4 Å². The molecule has 134 valence electrons. The van der Waals surface area contributed by atoms with Crippen molar-refractivity contribution in [3.63, 3.8) is 0 Å². The minimum absolute atomic E-state index is 0.0839. The van der Waals surface area contributed by atoms with Crippen LogP contribution in [0.4, 0.5) is 5.69 Å². The van der Waals surface area contributed by atoms with Crippen LogP contribution < -0.4 is 5.32 Å². The van der Waals surface area contributed by atoms with E-state index < -0.39 is 15.9 Å². The van der Waals surface area contributed by atoms with E-state index in [-0.39, 0.29) is 10.5 Å². The molecular weight excluding hydrogens is 428 g/mol. The maximum absolute atomic E-state index is 12.6. The molecule has 0 radical (unpaired) electrons. The highest BCUT2D eigenvalue weighted by molar-refractivity contribution is 9.10. The summed E-state index contributed by atoms with van der Waals surface area (Å²) in [6.45, 7) is 4.27. The number of sulfonamides is 1. The Morgan fingerprint density at radius 2 is 1.72 bits per heavy atom. The number of nitrogens with one attached hydrogen (secondary N) is 1. The lowest BCUT2D eigenvalue weighted by Gasteiger charge is -2.19. The van der Waals surface area contributed by atoms with Gasteiger partial charge in [0, 0.05) is 28.3 Å². The van der Waals surface area contributed by atoms with E-state index in [1.165, 1.54) is 16.4 Å². The first-order valence-corrected chi connectivity index (χ1v) is 10.3. The number of rotatable bonds is 6. The fourth-order valence-electron chi connectivity index (χ4n) is 2.28. The van der Waals surface area contributed by atoms with Crippen molar-refractivity contribution in [1.82, 2.24) is 4.31 Å². The quantitative estimate of drug-likeness (QED) is 0.717. The van der Waals surface area contributed by atoms with Crippen LogP contribution in [0.15, 0.2) is 51.8 Å². The summed E-state index contributed by atoms with van der Waals surface area (Å²) in [6, 6.07) is 11.1. The Hall–Kier alpha value is -1.41. The highest BCUT2D eigenvalue weighted by atomic mass is 79.9. The van der Waals surface area contributed by atoms with Gasteiger partial charge in [-0.25, -0.2) is 8.42 Å². The van der Waals surface area contributed by atoms with Gasteiger partial charge in [-0.15, -0.1) is 0 Å². The number of nitrogens with zero attached hydrogens (tertiary/aromatic N) is 1. The van der Waals surface area contributed by atoms with Gasteiger partial charge >= 0.3 is 0 Å². The van der Waals surface area contributed by atoms with Crippen LogP contribution in [0, 0.1) is 0 Å². The normalized spacial score (nSPS) is 11.6. The summed E-state index contributed by atoms with van der Waals surface area (Å²) in [5.74, 6) is -0.411. The Balaban J connectivity index is 2.35. The Morgan fingerprint density at radius 3 is 2.28 bits per heavy atom. The van der Waals surface area contributed by atoms with Crippen molar-refractivity contribution in [1.29, 1.82) is 0 Å². The number of anilines is 1. The molecule has 0 aliphatic heterocycles. The second-order valence-electron chi connectivity index (χ2n) is 5.19. The monoisotopic (exact) mass is 444 g/mol. The molecule has 0 fully saturated rings. The van der Waals surface area contributed by atoms with Gasteiger partial charge in [0.15, 0.2) is 0 Å². The number of carbonyl (C=O) groups is 1. The zero-order chi connectivity index (χ0) is 18.6. The zero-order valence-electron chi connectivity index (χ0n) is 13.8. The topological polar surface area (TPSA) is 66.5 Å². The number of amides is 1. The van der Waals surface area contributed by atoms with Crippen molar-refractivity contribution >= 4 is 49.1 Å². The molecular formula is C17H18BrClN2O3S. The van der Waals surface area contributed by atoms with Crippen molar-refractivity contribution in [2.24, 2.45) is 0 Å². The van der Waals surface area contributed by atoms with Gasteiger partial charge in [-0.2, -0.15) is 4.31 Å². The first-order chi connectivity index (χ1) is 11.8. The van der Waals surface area contributed by atoms with Crippen molar-refractivity contribution in [3.8, 4) is 0 Å². The fraction of sp³-hybridized carbons (Fsp3) is 0.235. The molecule has 0 saturated carbocycles. The smallest absolute Gasteiger partial charge is 0.256 e. The van der Waals surface area contributed by atoms with Crippen LogP contribution in [0.3, 0.4) is 0 Å². The van der Waals surface area contributed by atoms with E-state index in [2.05, 4.69) is 21.2 Å². The van der Waals surface area contributed by atoms with E-state index in [1.54, 1.807) is 44.2 Å². The Kier molecular flexibility index (Phi) is 6.62. The molecule has 0 spiro atoms. The van der Waals surface area contributed by atoms with Crippen molar-refractivity contribution in [3.05, 3.63) is 57.5 Å². The van der Waals surface area contributed by atoms with E-state index in [1.807, 2.05) is 0 Å². The summed E-state index contributed by atoms with van der Waals surface area (Å²) >= 11 is 9.13. The summed E-state index contributed by atoms with van der Waals surface area (Å²) in [7, 11) is -3.64. The molecule has 2 aromatic carbocycles. The van der Waals surface area contributed by atoms with Crippen LogP contribution >= 0.6 is 27.5 Å². The van der Waals surface area contributed by atoms with E-state index in [4.69, 9.17) is 11.6 Å². The highest BCUT2D eigenvalue weighted by Crippen LogP contribution is 2.24. The number of benzene rings is 2. The average Bonchev–Trinajstić information content (AvgIpc) is 2.58. The van der Waals surface area contributed by atoms with E-state index in [0.717, 1.165) is 0 Å². The molecule has 8 heteroatoms. The minimum Gasteiger partial charge on any atom is -0.322 e. The van der Waals surface area contributed by atoms with Gasteiger partial charge in [0.25, 0.3) is 5.91 Å². The maximum atomic E-state index is 12.6. The van der Waals surface area contributed by atoms with Gasteiger partial charge in [-0.1, -0.05) is 25.4 Å². The molecule has 25 heavy (non-hydrogen) atoms. The lowest BCUT2D eigenvalue weighted by molar-refractivity contribution is 0.102. The molecule has 2 rings (SSSR count).